The van der Waals surface area contributed by atoms with E-state index >= 15 is 0 Å². The van der Waals surface area contributed by atoms with Gasteiger partial charge in [0.25, 0.3) is 0 Å². The van der Waals surface area contributed by atoms with Crippen molar-refractivity contribution >= 4 is 52.5 Å². The SMILES string of the molecule is Cc1ccc(NC(=O)CS[C@H]2CC(=O)N(c3ccccc3)C2=O)c(Cl)c1. The van der Waals surface area contributed by atoms with Gasteiger partial charge >= 0.3 is 0 Å². The van der Waals surface area contributed by atoms with E-state index in [1.165, 1.54) is 4.90 Å². The number of rotatable bonds is 5. The maximum Gasteiger partial charge on any atom is 0.247 e. The van der Waals surface area contributed by atoms with Crippen LogP contribution in [-0.2, 0) is 14.4 Å². The summed E-state index contributed by atoms with van der Waals surface area (Å²) < 4.78 is 0. The van der Waals surface area contributed by atoms with E-state index in [0.29, 0.717) is 16.4 Å². The van der Waals surface area contributed by atoms with Crippen LogP contribution in [0.5, 0.6) is 0 Å². The Hall–Kier alpha value is -2.31. The van der Waals surface area contributed by atoms with Gasteiger partial charge in [-0.25, -0.2) is 4.90 Å². The molecule has 1 saturated heterocycles. The van der Waals surface area contributed by atoms with Crippen molar-refractivity contribution in [2.75, 3.05) is 16.0 Å². The topological polar surface area (TPSA) is 66.5 Å². The molecule has 5 nitrogen and oxygen atoms in total. The highest BCUT2D eigenvalue weighted by Crippen LogP contribution is 2.30. The number of para-hydroxylation sites is 1. The van der Waals surface area contributed by atoms with E-state index in [2.05, 4.69) is 5.32 Å². The number of hydrogen-bond acceptors (Lipinski definition) is 4. The number of hydrogen-bond donors (Lipinski definition) is 1. The summed E-state index contributed by atoms with van der Waals surface area (Å²) in [5.41, 5.74) is 2.09. The third kappa shape index (κ3) is 4.08. The molecule has 1 heterocycles. The standard InChI is InChI=1S/C19H17ClN2O3S/c1-12-7-8-15(14(20)9-12)21-17(23)11-26-16-10-18(24)22(19(16)25)13-5-3-2-4-6-13/h2-9,16H,10-11H2,1H3,(H,21,23)/t16-/m0/s1. The fourth-order valence-electron chi connectivity index (χ4n) is 2.67. The Morgan fingerprint density at radius 3 is 2.65 bits per heavy atom. The Morgan fingerprint density at radius 1 is 1.23 bits per heavy atom. The second-order valence-electron chi connectivity index (χ2n) is 5.94. The van der Waals surface area contributed by atoms with Crippen molar-refractivity contribution in [3.05, 3.63) is 59.1 Å². The van der Waals surface area contributed by atoms with Crippen molar-refractivity contribution in [1.82, 2.24) is 0 Å². The molecule has 0 unspecified atom stereocenters. The van der Waals surface area contributed by atoms with Crippen molar-refractivity contribution in [3.63, 3.8) is 0 Å². The van der Waals surface area contributed by atoms with Gasteiger partial charge in [0.15, 0.2) is 0 Å². The lowest BCUT2D eigenvalue weighted by molar-refractivity contribution is -0.121. The Bertz CT molecular complexity index is 857. The van der Waals surface area contributed by atoms with Crippen molar-refractivity contribution < 1.29 is 14.4 Å². The number of aryl methyl sites for hydroxylation is 1. The number of carbonyl (C=O) groups excluding carboxylic acids is 3. The van der Waals surface area contributed by atoms with Gasteiger partial charge in [0.2, 0.25) is 17.7 Å². The molecule has 0 bridgehead atoms. The zero-order chi connectivity index (χ0) is 18.7. The first-order valence-electron chi connectivity index (χ1n) is 8.05. The molecule has 0 spiro atoms. The first kappa shape index (κ1) is 18.5. The van der Waals surface area contributed by atoms with Crippen molar-refractivity contribution in [2.24, 2.45) is 0 Å². The van der Waals surface area contributed by atoms with E-state index in [0.717, 1.165) is 17.3 Å². The number of halogens is 1. The van der Waals surface area contributed by atoms with Crippen LogP contribution in [0, 0.1) is 6.92 Å². The number of nitrogens with one attached hydrogen (secondary N) is 1. The number of amides is 3. The Labute approximate surface area is 160 Å². The largest absolute Gasteiger partial charge is 0.324 e. The predicted molar refractivity (Wildman–Crippen MR) is 105 cm³/mol. The number of imide groups is 1. The summed E-state index contributed by atoms with van der Waals surface area (Å²) >= 11 is 7.27. The van der Waals surface area contributed by atoms with Crippen LogP contribution in [0.4, 0.5) is 11.4 Å². The minimum Gasteiger partial charge on any atom is -0.324 e. The van der Waals surface area contributed by atoms with Crippen LogP contribution in [0.3, 0.4) is 0 Å². The molecule has 0 radical (unpaired) electrons. The monoisotopic (exact) mass is 388 g/mol. The average molecular weight is 389 g/mol. The highest BCUT2D eigenvalue weighted by molar-refractivity contribution is 8.01. The van der Waals surface area contributed by atoms with Gasteiger partial charge in [-0.15, -0.1) is 11.8 Å². The summed E-state index contributed by atoms with van der Waals surface area (Å²) in [4.78, 5) is 38.0. The molecule has 1 N–H and O–H groups in total. The van der Waals surface area contributed by atoms with Crippen LogP contribution in [0.2, 0.25) is 5.02 Å². The van der Waals surface area contributed by atoms with Crippen LogP contribution < -0.4 is 10.2 Å². The Balaban J connectivity index is 1.59. The Kier molecular flexibility index (Phi) is 5.64. The molecule has 3 rings (SSSR count). The molecule has 3 amide bonds. The van der Waals surface area contributed by atoms with Crippen LogP contribution in [0.15, 0.2) is 48.5 Å². The van der Waals surface area contributed by atoms with Crippen molar-refractivity contribution in [1.29, 1.82) is 0 Å². The summed E-state index contributed by atoms with van der Waals surface area (Å²) in [6, 6.07) is 14.2. The summed E-state index contributed by atoms with van der Waals surface area (Å²) in [7, 11) is 0. The van der Waals surface area contributed by atoms with Crippen LogP contribution in [-0.4, -0.2) is 28.7 Å². The van der Waals surface area contributed by atoms with E-state index in [4.69, 9.17) is 11.6 Å². The van der Waals surface area contributed by atoms with Gasteiger partial charge in [0.05, 0.1) is 27.4 Å². The van der Waals surface area contributed by atoms with Gasteiger partial charge in [0, 0.05) is 6.42 Å². The zero-order valence-electron chi connectivity index (χ0n) is 14.1. The smallest absolute Gasteiger partial charge is 0.247 e. The van der Waals surface area contributed by atoms with Crippen LogP contribution >= 0.6 is 23.4 Å². The van der Waals surface area contributed by atoms with Crippen LogP contribution in [0.1, 0.15) is 12.0 Å². The first-order chi connectivity index (χ1) is 12.5. The molecule has 1 aliphatic rings. The number of benzene rings is 2. The van der Waals surface area contributed by atoms with E-state index in [9.17, 15) is 14.4 Å². The maximum atomic E-state index is 12.5. The van der Waals surface area contributed by atoms with Gasteiger partial charge in [-0.2, -0.15) is 0 Å². The molecule has 134 valence electrons. The second kappa shape index (κ2) is 7.93. The number of thioether (sulfide) groups is 1. The predicted octanol–water partition coefficient (Wildman–Crippen LogP) is 3.65. The lowest BCUT2D eigenvalue weighted by atomic mass is 10.2. The van der Waals surface area contributed by atoms with Gasteiger partial charge in [-0.05, 0) is 36.8 Å². The molecule has 0 saturated carbocycles. The summed E-state index contributed by atoms with van der Waals surface area (Å²) in [5.74, 6) is -0.733. The highest BCUT2D eigenvalue weighted by atomic mass is 35.5. The molecule has 2 aromatic carbocycles. The lowest BCUT2D eigenvalue weighted by Crippen LogP contribution is -2.31. The number of carbonyl (C=O) groups is 3. The third-order valence-corrected chi connectivity index (χ3v) is 5.45. The zero-order valence-corrected chi connectivity index (χ0v) is 15.6. The van der Waals surface area contributed by atoms with Gasteiger partial charge < -0.3 is 5.32 Å². The van der Waals surface area contributed by atoms with Gasteiger partial charge in [-0.3, -0.25) is 14.4 Å². The number of anilines is 2. The van der Waals surface area contributed by atoms with Crippen molar-refractivity contribution in [3.8, 4) is 0 Å². The van der Waals surface area contributed by atoms with E-state index in [-0.39, 0.29) is 29.9 Å². The maximum absolute atomic E-state index is 12.5. The molecular formula is C19H17ClN2O3S. The first-order valence-corrected chi connectivity index (χ1v) is 9.48. The summed E-state index contributed by atoms with van der Waals surface area (Å²) in [6.45, 7) is 1.91. The van der Waals surface area contributed by atoms with Crippen LogP contribution in [0.25, 0.3) is 0 Å². The van der Waals surface area contributed by atoms with E-state index in [1.54, 1.807) is 36.4 Å². The third-order valence-electron chi connectivity index (χ3n) is 3.93. The summed E-state index contributed by atoms with van der Waals surface area (Å²) in [5, 5.41) is 2.64. The normalized spacial score (nSPS) is 16.8. The molecule has 1 aliphatic heterocycles. The minimum absolute atomic E-state index is 0.0660. The molecular weight excluding hydrogens is 372 g/mol. The molecule has 1 fully saturated rings. The van der Waals surface area contributed by atoms with Gasteiger partial charge in [0.1, 0.15) is 0 Å². The molecule has 26 heavy (non-hydrogen) atoms. The second-order valence-corrected chi connectivity index (χ2v) is 7.54. The fraction of sp³-hybridized carbons (Fsp3) is 0.211. The molecule has 1 atom stereocenters. The number of nitrogens with zero attached hydrogens (tertiary/aromatic N) is 1. The fourth-order valence-corrected chi connectivity index (χ4v) is 3.88. The van der Waals surface area contributed by atoms with Gasteiger partial charge in [-0.1, -0.05) is 35.9 Å². The summed E-state index contributed by atoms with van der Waals surface area (Å²) in [6.07, 6.45) is 0.0942. The van der Waals surface area contributed by atoms with E-state index < -0.39 is 5.25 Å². The molecule has 0 aromatic heterocycles. The quantitative estimate of drug-likeness (QED) is 0.794. The molecule has 0 aliphatic carbocycles. The minimum atomic E-state index is -0.554. The molecule has 2 aromatic rings. The van der Waals surface area contributed by atoms with Crippen molar-refractivity contribution in [2.45, 2.75) is 18.6 Å². The lowest BCUT2D eigenvalue weighted by Gasteiger charge is -2.14. The van der Waals surface area contributed by atoms with E-state index in [1.807, 2.05) is 19.1 Å². The highest BCUT2D eigenvalue weighted by Gasteiger charge is 2.39. The molecule has 7 heteroatoms. The average Bonchev–Trinajstić information content (AvgIpc) is 2.90. The Morgan fingerprint density at radius 2 is 1.96 bits per heavy atom.